The van der Waals surface area contributed by atoms with Gasteiger partial charge >= 0.3 is 0 Å². The maximum Gasteiger partial charge on any atom is 0.186 e. The van der Waals surface area contributed by atoms with Crippen LogP contribution in [0.15, 0.2) is 24.3 Å². The van der Waals surface area contributed by atoms with Gasteiger partial charge in [-0.3, -0.25) is 0 Å². The molecule has 1 heterocycles. The summed E-state index contributed by atoms with van der Waals surface area (Å²) in [6, 6.07) is 9.11. The maximum absolute atomic E-state index is 4.73. The number of fused-ring (bicyclic) bond motifs is 1. The van der Waals surface area contributed by atoms with Gasteiger partial charge in [0.05, 0.1) is 10.2 Å². The molecule has 1 aliphatic carbocycles. The minimum absolute atomic E-state index is 0.698. The number of benzene rings is 1. The summed E-state index contributed by atoms with van der Waals surface area (Å²) in [6.45, 7) is 0. The Balaban J connectivity index is 1.86. The van der Waals surface area contributed by atoms with Crippen molar-refractivity contribution in [1.29, 1.82) is 0 Å². The Kier molecular flexibility index (Phi) is 3.02. The minimum atomic E-state index is 0.698. The lowest BCUT2D eigenvalue weighted by Gasteiger charge is -2.30. The van der Waals surface area contributed by atoms with E-state index in [0.29, 0.717) is 6.04 Å². The second kappa shape index (κ2) is 4.65. The average molecular weight is 246 g/mol. The highest BCUT2D eigenvalue weighted by Crippen LogP contribution is 2.32. The molecule has 2 nitrogen and oxygen atoms in total. The Labute approximate surface area is 106 Å². The van der Waals surface area contributed by atoms with Crippen LogP contribution < -0.4 is 4.90 Å². The molecular formula is C14H18N2S. The van der Waals surface area contributed by atoms with Crippen molar-refractivity contribution < 1.29 is 0 Å². The molecule has 0 saturated heterocycles. The van der Waals surface area contributed by atoms with Gasteiger partial charge in [0.1, 0.15) is 0 Å². The van der Waals surface area contributed by atoms with Crippen molar-refractivity contribution in [3.63, 3.8) is 0 Å². The average Bonchev–Trinajstić information content (AvgIpc) is 2.82. The predicted octanol–water partition coefficient (Wildman–Crippen LogP) is 4.07. The Bertz CT molecular complexity index is 467. The topological polar surface area (TPSA) is 16.1 Å². The van der Waals surface area contributed by atoms with Gasteiger partial charge in [0, 0.05) is 13.1 Å². The number of aromatic nitrogens is 1. The summed E-state index contributed by atoms with van der Waals surface area (Å²) in [6.07, 6.45) is 6.81. The number of para-hydroxylation sites is 1. The van der Waals surface area contributed by atoms with Gasteiger partial charge in [-0.1, -0.05) is 42.7 Å². The predicted molar refractivity (Wildman–Crippen MR) is 74.9 cm³/mol. The number of thiazole rings is 1. The van der Waals surface area contributed by atoms with Gasteiger partial charge in [0.2, 0.25) is 0 Å². The normalized spacial score (nSPS) is 17.5. The van der Waals surface area contributed by atoms with Crippen LogP contribution in [-0.4, -0.2) is 18.1 Å². The zero-order valence-corrected chi connectivity index (χ0v) is 11.0. The molecule has 3 rings (SSSR count). The van der Waals surface area contributed by atoms with E-state index in [1.165, 1.54) is 41.9 Å². The third-order valence-corrected chi connectivity index (χ3v) is 4.83. The number of hydrogen-bond donors (Lipinski definition) is 0. The lowest BCUT2D eigenvalue weighted by atomic mass is 9.95. The van der Waals surface area contributed by atoms with Crippen LogP contribution in [0.4, 0.5) is 5.13 Å². The molecule has 1 aromatic carbocycles. The molecule has 0 aliphatic heterocycles. The molecule has 1 saturated carbocycles. The maximum atomic E-state index is 4.73. The van der Waals surface area contributed by atoms with Crippen molar-refractivity contribution in [3.8, 4) is 0 Å². The standard InChI is InChI=1S/C14H18N2S/c1-16(11-7-3-2-4-8-11)14-15-12-9-5-6-10-13(12)17-14/h5-6,9-11H,2-4,7-8H2,1H3. The van der Waals surface area contributed by atoms with Crippen LogP contribution in [0.1, 0.15) is 32.1 Å². The first-order valence-electron chi connectivity index (χ1n) is 6.43. The largest absolute Gasteiger partial charge is 0.348 e. The van der Waals surface area contributed by atoms with Crippen molar-refractivity contribution in [1.82, 2.24) is 4.98 Å². The molecule has 0 spiro atoms. The Morgan fingerprint density at radius 2 is 1.94 bits per heavy atom. The van der Waals surface area contributed by atoms with E-state index in [1.807, 2.05) is 11.3 Å². The molecule has 90 valence electrons. The number of anilines is 1. The van der Waals surface area contributed by atoms with Gasteiger partial charge in [-0.2, -0.15) is 0 Å². The monoisotopic (exact) mass is 246 g/mol. The molecule has 0 amide bonds. The van der Waals surface area contributed by atoms with E-state index in [9.17, 15) is 0 Å². The van der Waals surface area contributed by atoms with E-state index in [4.69, 9.17) is 4.98 Å². The Morgan fingerprint density at radius 1 is 1.18 bits per heavy atom. The van der Waals surface area contributed by atoms with E-state index < -0.39 is 0 Å². The molecule has 0 radical (unpaired) electrons. The fraction of sp³-hybridized carbons (Fsp3) is 0.500. The van der Waals surface area contributed by atoms with Crippen molar-refractivity contribution in [3.05, 3.63) is 24.3 Å². The molecule has 0 unspecified atom stereocenters. The van der Waals surface area contributed by atoms with Gasteiger partial charge in [-0.15, -0.1) is 0 Å². The van der Waals surface area contributed by atoms with Crippen LogP contribution in [0.3, 0.4) is 0 Å². The van der Waals surface area contributed by atoms with Crippen molar-refractivity contribution in [2.45, 2.75) is 38.1 Å². The van der Waals surface area contributed by atoms with E-state index in [0.717, 1.165) is 5.52 Å². The van der Waals surface area contributed by atoms with Crippen molar-refractivity contribution in [2.24, 2.45) is 0 Å². The van der Waals surface area contributed by atoms with Crippen molar-refractivity contribution >= 4 is 26.7 Å². The van der Waals surface area contributed by atoms with Gasteiger partial charge in [-0.25, -0.2) is 4.98 Å². The molecule has 2 aromatic rings. The van der Waals surface area contributed by atoms with Gasteiger partial charge < -0.3 is 4.90 Å². The molecule has 1 fully saturated rings. The fourth-order valence-electron chi connectivity index (χ4n) is 2.64. The lowest BCUT2D eigenvalue weighted by molar-refractivity contribution is 0.427. The summed E-state index contributed by atoms with van der Waals surface area (Å²) in [4.78, 5) is 7.12. The van der Waals surface area contributed by atoms with Crippen molar-refractivity contribution in [2.75, 3.05) is 11.9 Å². The van der Waals surface area contributed by atoms with E-state index in [-0.39, 0.29) is 0 Å². The summed E-state index contributed by atoms with van der Waals surface area (Å²) >= 11 is 1.81. The molecule has 17 heavy (non-hydrogen) atoms. The van der Waals surface area contributed by atoms with Crippen LogP contribution >= 0.6 is 11.3 Å². The quantitative estimate of drug-likeness (QED) is 0.794. The molecule has 1 aliphatic rings. The Hall–Kier alpha value is -1.09. The third-order valence-electron chi connectivity index (χ3n) is 3.71. The smallest absolute Gasteiger partial charge is 0.186 e. The first kappa shape index (κ1) is 11.0. The summed E-state index contributed by atoms with van der Waals surface area (Å²) in [5, 5.41) is 1.18. The fourth-order valence-corrected chi connectivity index (χ4v) is 3.63. The van der Waals surface area contributed by atoms with Gasteiger partial charge in [-0.05, 0) is 25.0 Å². The highest BCUT2D eigenvalue weighted by atomic mass is 32.1. The van der Waals surface area contributed by atoms with Crippen LogP contribution in [0, 0.1) is 0 Å². The molecule has 3 heteroatoms. The highest BCUT2D eigenvalue weighted by molar-refractivity contribution is 7.22. The van der Waals surface area contributed by atoms with Gasteiger partial charge in [0.15, 0.2) is 5.13 Å². The van der Waals surface area contributed by atoms with Gasteiger partial charge in [0.25, 0.3) is 0 Å². The number of hydrogen-bond acceptors (Lipinski definition) is 3. The third kappa shape index (κ3) is 2.16. The van der Waals surface area contributed by atoms with Crippen LogP contribution in [0.25, 0.3) is 10.2 Å². The summed E-state index contributed by atoms with van der Waals surface area (Å²) in [5.74, 6) is 0. The van der Waals surface area contributed by atoms with Crippen LogP contribution in [-0.2, 0) is 0 Å². The zero-order valence-electron chi connectivity index (χ0n) is 10.2. The lowest BCUT2D eigenvalue weighted by Crippen LogP contribution is -2.33. The molecule has 1 aromatic heterocycles. The van der Waals surface area contributed by atoms with E-state index in [2.05, 4.69) is 36.2 Å². The first-order chi connectivity index (χ1) is 8.34. The highest BCUT2D eigenvalue weighted by Gasteiger charge is 2.20. The minimum Gasteiger partial charge on any atom is -0.348 e. The SMILES string of the molecule is CN(c1nc2ccccc2s1)C1CCCCC1. The molecule has 0 atom stereocenters. The first-order valence-corrected chi connectivity index (χ1v) is 7.24. The van der Waals surface area contributed by atoms with Crippen LogP contribution in [0.2, 0.25) is 0 Å². The zero-order chi connectivity index (χ0) is 11.7. The van der Waals surface area contributed by atoms with E-state index >= 15 is 0 Å². The second-order valence-electron chi connectivity index (χ2n) is 4.87. The number of rotatable bonds is 2. The second-order valence-corrected chi connectivity index (χ2v) is 5.88. The summed E-state index contributed by atoms with van der Waals surface area (Å²) in [7, 11) is 2.20. The molecule has 0 N–H and O–H groups in total. The Morgan fingerprint density at radius 3 is 2.71 bits per heavy atom. The summed E-state index contributed by atoms with van der Waals surface area (Å²) in [5.41, 5.74) is 1.13. The summed E-state index contributed by atoms with van der Waals surface area (Å²) < 4.78 is 1.30. The van der Waals surface area contributed by atoms with Crippen LogP contribution in [0.5, 0.6) is 0 Å². The molecule has 0 bridgehead atoms. The number of nitrogens with zero attached hydrogens (tertiary/aromatic N) is 2. The molecular weight excluding hydrogens is 228 g/mol. The van der Waals surface area contributed by atoms with E-state index in [1.54, 1.807) is 0 Å².